The zero-order valence-electron chi connectivity index (χ0n) is 20.2. The van der Waals surface area contributed by atoms with E-state index in [1.165, 1.54) is 29.9 Å². The van der Waals surface area contributed by atoms with Crippen molar-refractivity contribution >= 4 is 35.4 Å². The van der Waals surface area contributed by atoms with Gasteiger partial charge in [-0.2, -0.15) is 0 Å². The molecule has 2 aromatic carbocycles. The van der Waals surface area contributed by atoms with E-state index in [0.717, 1.165) is 11.3 Å². The number of fused-ring (bicyclic) bond motifs is 1. The van der Waals surface area contributed by atoms with Crippen LogP contribution in [-0.2, 0) is 14.3 Å². The fourth-order valence-electron chi connectivity index (χ4n) is 3.95. The average molecular weight is 505 g/mol. The molecule has 0 radical (unpaired) electrons. The summed E-state index contributed by atoms with van der Waals surface area (Å²) in [6, 6.07) is 13.5. The molecule has 8 nitrogen and oxygen atoms in total. The quantitative estimate of drug-likeness (QED) is 0.378. The highest BCUT2D eigenvalue weighted by Crippen LogP contribution is 2.31. The van der Waals surface area contributed by atoms with E-state index in [1.54, 1.807) is 50.5 Å². The number of ether oxygens (including phenoxy) is 3. The second kappa shape index (κ2) is 10.6. The Morgan fingerprint density at radius 2 is 1.81 bits per heavy atom. The molecule has 1 unspecified atom stereocenters. The van der Waals surface area contributed by atoms with Gasteiger partial charge in [0.15, 0.2) is 4.80 Å². The molecule has 0 bridgehead atoms. The predicted molar refractivity (Wildman–Crippen MR) is 136 cm³/mol. The van der Waals surface area contributed by atoms with Crippen LogP contribution >= 0.6 is 11.3 Å². The topological polar surface area (TPSA) is 96.2 Å². The van der Waals surface area contributed by atoms with Gasteiger partial charge in [-0.1, -0.05) is 53.8 Å². The van der Waals surface area contributed by atoms with Gasteiger partial charge in [-0.15, -0.1) is 0 Å². The van der Waals surface area contributed by atoms with E-state index in [9.17, 15) is 14.4 Å². The molecule has 0 saturated heterocycles. The van der Waals surface area contributed by atoms with Gasteiger partial charge in [0.2, 0.25) is 0 Å². The minimum absolute atomic E-state index is 0.265. The van der Waals surface area contributed by atoms with E-state index in [4.69, 9.17) is 14.2 Å². The molecule has 0 spiro atoms. The molecule has 0 saturated carbocycles. The number of aromatic nitrogens is 1. The molecule has 184 valence electrons. The van der Waals surface area contributed by atoms with Gasteiger partial charge in [0.05, 0.1) is 36.1 Å². The summed E-state index contributed by atoms with van der Waals surface area (Å²) in [5.41, 5.74) is 1.97. The lowest BCUT2D eigenvalue weighted by Crippen LogP contribution is -2.39. The van der Waals surface area contributed by atoms with E-state index in [1.807, 2.05) is 30.3 Å². The van der Waals surface area contributed by atoms with Crippen molar-refractivity contribution in [3.63, 3.8) is 0 Å². The van der Waals surface area contributed by atoms with Gasteiger partial charge < -0.3 is 14.2 Å². The Kier molecular flexibility index (Phi) is 7.30. The van der Waals surface area contributed by atoms with E-state index in [2.05, 4.69) is 4.99 Å². The van der Waals surface area contributed by atoms with Crippen LogP contribution in [0, 0.1) is 0 Å². The van der Waals surface area contributed by atoms with Crippen LogP contribution in [-0.4, -0.2) is 30.7 Å². The second-order valence-corrected chi connectivity index (χ2v) is 8.87. The molecule has 1 aliphatic rings. The molecule has 0 aliphatic carbocycles. The Labute approximate surface area is 211 Å². The van der Waals surface area contributed by atoms with Crippen LogP contribution < -0.4 is 24.4 Å². The third kappa shape index (κ3) is 4.92. The number of carbonyl (C=O) groups is 2. The highest BCUT2D eigenvalue weighted by Gasteiger charge is 2.33. The third-order valence-electron chi connectivity index (χ3n) is 5.55. The third-order valence-corrected chi connectivity index (χ3v) is 6.55. The van der Waals surface area contributed by atoms with Crippen LogP contribution in [0.15, 0.2) is 75.7 Å². The molecule has 0 N–H and O–H groups in total. The maximum absolute atomic E-state index is 13.5. The summed E-state index contributed by atoms with van der Waals surface area (Å²) in [4.78, 5) is 42.5. The van der Waals surface area contributed by atoms with Crippen LogP contribution in [0.25, 0.3) is 12.2 Å². The number of carbonyl (C=O) groups excluding carboxylic acids is 2. The molecule has 1 atom stereocenters. The number of allylic oxidation sites excluding steroid dienone is 2. The van der Waals surface area contributed by atoms with E-state index >= 15 is 0 Å². The van der Waals surface area contributed by atoms with Crippen LogP contribution in [0.5, 0.6) is 11.5 Å². The van der Waals surface area contributed by atoms with Gasteiger partial charge in [-0.05, 0) is 36.8 Å². The van der Waals surface area contributed by atoms with Crippen LogP contribution in [0.4, 0.5) is 0 Å². The number of benzene rings is 2. The monoisotopic (exact) mass is 504 g/mol. The largest absolute Gasteiger partial charge is 0.496 e. The lowest BCUT2D eigenvalue weighted by Gasteiger charge is -2.24. The Hall–Kier alpha value is -4.24. The van der Waals surface area contributed by atoms with Crippen molar-refractivity contribution in [2.24, 2.45) is 4.99 Å². The Bertz CT molecular complexity index is 1560. The number of esters is 2. The fraction of sp³-hybridized carbons (Fsp3) is 0.185. The molecule has 4 rings (SSSR count). The number of nitrogens with zero attached hydrogens (tertiary/aromatic N) is 2. The molecule has 36 heavy (non-hydrogen) atoms. The van der Waals surface area contributed by atoms with Crippen molar-refractivity contribution in [1.82, 2.24) is 4.57 Å². The van der Waals surface area contributed by atoms with E-state index in [0.29, 0.717) is 26.3 Å². The van der Waals surface area contributed by atoms with Gasteiger partial charge >= 0.3 is 11.9 Å². The second-order valence-electron chi connectivity index (χ2n) is 7.86. The summed E-state index contributed by atoms with van der Waals surface area (Å²) in [6.07, 6.45) is 5.35. The maximum Gasteiger partial charge on any atom is 0.338 e. The van der Waals surface area contributed by atoms with Crippen molar-refractivity contribution in [3.8, 4) is 11.5 Å². The highest BCUT2D eigenvalue weighted by molar-refractivity contribution is 7.07. The van der Waals surface area contributed by atoms with Gasteiger partial charge in [0, 0.05) is 12.5 Å². The molecule has 1 aromatic heterocycles. The van der Waals surface area contributed by atoms with Crippen LogP contribution in [0.3, 0.4) is 0 Å². The minimum Gasteiger partial charge on any atom is -0.496 e. The number of methoxy groups -OCH3 is 2. The lowest BCUT2D eigenvalue weighted by molar-refractivity contribution is -0.136. The number of hydrogen-bond acceptors (Lipinski definition) is 8. The summed E-state index contributed by atoms with van der Waals surface area (Å²) in [5, 5.41) is 0. The molecular formula is C27H24N2O6S. The van der Waals surface area contributed by atoms with Crippen molar-refractivity contribution in [3.05, 3.63) is 96.7 Å². The normalized spacial score (nSPS) is 15.4. The number of para-hydroxylation sites is 1. The summed E-state index contributed by atoms with van der Waals surface area (Å²) in [6.45, 7) is 3.03. The van der Waals surface area contributed by atoms with Crippen LogP contribution in [0.2, 0.25) is 0 Å². The first-order valence-electron chi connectivity index (χ1n) is 11.0. The summed E-state index contributed by atoms with van der Waals surface area (Å²) in [7, 11) is 2.89. The zero-order valence-corrected chi connectivity index (χ0v) is 21.0. The number of rotatable bonds is 6. The highest BCUT2D eigenvalue weighted by atomic mass is 32.1. The lowest BCUT2D eigenvalue weighted by atomic mass is 9.96. The van der Waals surface area contributed by atoms with Crippen LogP contribution in [0.1, 0.15) is 31.0 Å². The first-order valence-corrected chi connectivity index (χ1v) is 11.8. The molecule has 1 aliphatic heterocycles. The van der Waals surface area contributed by atoms with Gasteiger partial charge in [0.25, 0.3) is 5.56 Å². The molecule has 9 heteroatoms. The predicted octanol–water partition coefficient (Wildman–Crippen LogP) is 3.01. The Balaban J connectivity index is 1.82. The molecule has 0 fully saturated rings. The van der Waals surface area contributed by atoms with Gasteiger partial charge in [0.1, 0.15) is 11.5 Å². The summed E-state index contributed by atoms with van der Waals surface area (Å²) in [5.74, 6) is 0.0678. The fourth-order valence-corrected chi connectivity index (χ4v) is 4.95. The van der Waals surface area contributed by atoms with E-state index < -0.39 is 18.0 Å². The molecule has 2 heterocycles. The van der Waals surface area contributed by atoms with Crippen molar-refractivity contribution in [2.45, 2.75) is 19.9 Å². The van der Waals surface area contributed by atoms with E-state index in [-0.39, 0.29) is 11.1 Å². The Morgan fingerprint density at radius 3 is 2.47 bits per heavy atom. The smallest absolute Gasteiger partial charge is 0.338 e. The van der Waals surface area contributed by atoms with Crippen molar-refractivity contribution in [2.75, 3.05) is 14.2 Å². The number of thiazole rings is 1. The SMILES string of the molecule is COC(=O)C1=C(C)N=c2sc(=CC=Cc3ccccc3OC)c(=O)n2C1c1ccc(OC(C)=O)cc1. The first kappa shape index (κ1) is 24.9. The zero-order chi connectivity index (χ0) is 25.8. The standard InChI is InChI=1S/C27H24N2O6S/c1-16-23(26(32)34-4)24(19-12-14-20(15-13-19)35-17(2)30)29-25(31)22(36-27(29)28-16)11-7-9-18-8-5-6-10-21(18)33-3/h5-15,24H,1-4H3. The van der Waals surface area contributed by atoms with Gasteiger partial charge in [-0.25, -0.2) is 9.79 Å². The minimum atomic E-state index is -0.750. The maximum atomic E-state index is 13.5. The number of hydrogen-bond donors (Lipinski definition) is 0. The Morgan fingerprint density at radius 1 is 1.08 bits per heavy atom. The summed E-state index contributed by atoms with van der Waals surface area (Å²) < 4.78 is 17.5. The van der Waals surface area contributed by atoms with Crippen molar-refractivity contribution < 1.29 is 23.8 Å². The van der Waals surface area contributed by atoms with Gasteiger partial charge in [-0.3, -0.25) is 14.2 Å². The molecular weight excluding hydrogens is 480 g/mol. The summed E-state index contributed by atoms with van der Waals surface area (Å²) >= 11 is 1.23. The molecule has 0 amide bonds. The average Bonchev–Trinajstić information content (AvgIpc) is 3.17. The van der Waals surface area contributed by atoms with Crippen molar-refractivity contribution in [1.29, 1.82) is 0 Å². The molecule has 3 aromatic rings. The first-order chi connectivity index (χ1) is 17.3.